The number of likely N-dealkylation sites (tertiary alicyclic amines) is 1. The molecule has 0 radical (unpaired) electrons. The van der Waals surface area contributed by atoms with Gasteiger partial charge in [-0.2, -0.15) is 0 Å². The number of methoxy groups -OCH3 is 1. The highest BCUT2D eigenvalue weighted by atomic mass is 35.5. The summed E-state index contributed by atoms with van der Waals surface area (Å²) in [5, 5.41) is 22.6. The zero-order chi connectivity index (χ0) is 25.1. The largest absolute Gasteiger partial charge is 0.508 e. The van der Waals surface area contributed by atoms with Crippen molar-refractivity contribution in [2.24, 2.45) is 0 Å². The lowest BCUT2D eigenvalue weighted by Crippen LogP contribution is -2.51. The van der Waals surface area contributed by atoms with Gasteiger partial charge in [-0.25, -0.2) is 4.79 Å². The van der Waals surface area contributed by atoms with Gasteiger partial charge in [0.25, 0.3) is 0 Å². The van der Waals surface area contributed by atoms with E-state index in [4.69, 9.17) is 16.3 Å². The molecule has 0 saturated carbocycles. The van der Waals surface area contributed by atoms with Gasteiger partial charge in [0.05, 0.1) is 18.6 Å². The Labute approximate surface area is 206 Å². The molecule has 0 aromatic heterocycles. The number of hydrogen-bond donors (Lipinski definition) is 1. The Morgan fingerprint density at radius 3 is 2.37 bits per heavy atom. The number of hydrogen-bond acceptors (Lipinski definition) is 6. The molecule has 0 bridgehead atoms. The van der Waals surface area contributed by atoms with Crippen LogP contribution < -0.4 is 0 Å². The molecule has 1 fully saturated rings. The number of esters is 1. The lowest BCUT2D eigenvalue weighted by Gasteiger charge is -2.41. The van der Waals surface area contributed by atoms with Gasteiger partial charge in [0.2, 0.25) is 11.9 Å². The highest BCUT2D eigenvalue weighted by Crippen LogP contribution is 2.44. The van der Waals surface area contributed by atoms with Gasteiger partial charge in [-0.15, -0.1) is 0 Å². The third-order valence-corrected chi connectivity index (χ3v) is 6.64. The van der Waals surface area contributed by atoms with E-state index >= 15 is 0 Å². The van der Waals surface area contributed by atoms with E-state index in [2.05, 4.69) is 0 Å². The van der Waals surface area contributed by atoms with Crippen LogP contribution in [-0.4, -0.2) is 40.0 Å². The first kappa shape index (κ1) is 24.2. The fourth-order valence-corrected chi connectivity index (χ4v) is 4.89. The van der Waals surface area contributed by atoms with Gasteiger partial charge in [-0.05, 0) is 47.0 Å². The normalized spacial score (nSPS) is 19.9. The molecule has 35 heavy (non-hydrogen) atoms. The molecule has 3 atom stereocenters. The fraction of sp³-hybridized carbons (Fsp3) is 0.231. The number of benzene rings is 3. The van der Waals surface area contributed by atoms with Crippen molar-refractivity contribution in [3.8, 4) is 5.75 Å². The van der Waals surface area contributed by atoms with Crippen molar-refractivity contribution in [2.45, 2.75) is 31.0 Å². The van der Waals surface area contributed by atoms with Crippen LogP contribution in [0.2, 0.25) is 5.02 Å². The number of halogens is 1. The highest BCUT2D eigenvalue weighted by Gasteiger charge is 2.51. The van der Waals surface area contributed by atoms with Crippen LogP contribution in [0.15, 0.2) is 72.8 Å². The summed E-state index contributed by atoms with van der Waals surface area (Å²) in [6.07, 6.45) is -0.0792. The number of phenols is 1. The maximum Gasteiger partial charge on any atom is 0.337 e. The van der Waals surface area contributed by atoms with Crippen molar-refractivity contribution in [2.75, 3.05) is 7.11 Å². The quantitative estimate of drug-likeness (QED) is 0.301. The Morgan fingerprint density at radius 1 is 1.11 bits per heavy atom. The number of amides is 1. The van der Waals surface area contributed by atoms with Crippen LogP contribution in [0.3, 0.4) is 0 Å². The van der Waals surface area contributed by atoms with Gasteiger partial charge >= 0.3 is 5.97 Å². The minimum absolute atomic E-state index is 0.0149. The van der Waals surface area contributed by atoms with Crippen LogP contribution in [0.1, 0.15) is 45.4 Å². The Hall–Kier alpha value is -3.91. The monoisotopic (exact) mass is 494 g/mol. The van der Waals surface area contributed by atoms with E-state index in [1.807, 2.05) is 0 Å². The second-order valence-corrected chi connectivity index (χ2v) is 8.76. The number of carbonyl (C=O) groups is 2. The highest BCUT2D eigenvalue weighted by molar-refractivity contribution is 6.31. The van der Waals surface area contributed by atoms with Gasteiger partial charge in [0.15, 0.2) is 0 Å². The zero-order valence-electron chi connectivity index (χ0n) is 18.8. The van der Waals surface area contributed by atoms with Crippen LogP contribution in [0.25, 0.3) is 0 Å². The summed E-state index contributed by atoms with van der Waals surface area (Å²) in [5.74, 6) is -1.46. The fourth-order valence-electron chi connectivity index (χ4n) is 4.61. The van der Waals surface area contributed by atoms with Crippen LogP contribution in [-0.2, 0) is 16.1 Å². The SMILES string of the molecule is COC(=O)c1ccc(CN2C(=O)C[C@@H](c3ccccc3Cl)[C@H]([N+](=O)[O-])[C@H]2c2ccc(O)cc2)cc1. The zero-order valence-corrected chi connectivity index (χ0v) is 19.6. The van der Waals surface area contributed by atoms with Gasteiger partial charge in [-0.3, -0.25) is 14.9 Å². The number of rotatable bonds is 6. The molecule has 0 unspecified atom stereocenters. The van der Waals surface area contributed by atoms with Gasteiger partial charge in [0, 0.05) is 22.9 Å². The van der Waals surface area contributed by atoms with Crippen molar-refractivity contribution < 1.29 is 24.4 Å². The Morgan fingerprint density at radius 2 is 1.77 bits per heavy atom. The van der Waals surface area contributed by atoms with Crippen molar-refractivity contribution in [3.05, 3.63) is 110 Å². The van der Waals surface area contributed by atoms with Crippen LogP contribution in [0.4, 0.5) is 0 Å². The van der Waals surface area contributed by atoms with Gasteiger partial charge in [-0.1, -0.05) is 54.1 Å². The maximum absolute atomic E-state index is 13.5. The second-order valence-electron chi connectivity index (χ2n) is 8.35. The molecule has 180 valence electrons. The first-order valence-electron chi connectivity index (χ1n) is 10.9. The van der Waals surface area contributed by atoms with E-state index in [1.54, 1.807) is 60.7 Å². The average molecular weight is 495 g/mol. The summed E-state index contributed by atoms with van der Waals surface area (Å²) in [4.78, 5) is 38.8. The Kier molecular flexibility index (Phi) is 7.02. The summed E-state index contributed by atoms with van der Waals surface area (Å²) < 4.78 is 4.72. The minimum Gasteiger partial charge on any atom is -0.508 e. The van der Waals surface area contributed by atoms with Crippen LogP contribution >= 0.6 is 11.6 Å². The maximum atomic E-state index is 13.5. The topological polar surface area (TPSA) is 110 Å². The third kappa shape index (κ3) is 4.97. The molecule has 1 heterocycles. The molecular formula is C26H23ClN2O6. The number of nitro groups is 1. The standard InChI is InChI=1S/C26H23ClN2O6/c1-35-26(32)18-8-6-16(7-9-18)15-28-23(31)14-21(20-4-2-3-5-22(20)27)25(29(33)34)24(28)17-10-12-19(30)13-11-17/h2-13,21,24-25,30H,14-15H2,1H3/t21-,24+,25-/m0/s1. The van der Waals surface area contributed by atoms with Crippen LogP contribution in [0.5, 0.6) is 5.75 Å². The number of nitrogens with zero attached hydrogens (tertiary/aromatic N) is 2. The summed E-state index contributed by atoms with van der Waals surface area (Å²) in [7, 11) is 1.29. The molecule has 9 heteroatoms. The average Bonchev–Trinajstić information content (AvgIpc) is 2.85. The molecule has 0 spiro atoms. The number of phenolic OH excluding ortho intramolecular Hbond substituents is 1. The van der Waals surface area contributed by atoms with E-state index < -0.39 is 24.0 Å². The molecule has 1 aliphatic heterocycles. The van der Waals surface area contributed by atoms with Crippen molar-refractivity contribution in [1.29, 1.82) is 0 Å². The number of carbonyl (C=O) groups excluding carboxylic acids is 2. The summed E-state index contributed by atoms with van der Waals surface area (Å²) in [5.41, 5.74) is 2.14. The lowest BCUT2D eigenvalue weighted by atomic mass is 9.78. The van der Waals surface area contributed by atoms with E-state index in [0.717, 1.165) is 0 Å². The van der Waals surface area contributed by atoms with Gasteiger partial charge < -0.3 is 14.7 Å². The predicted octanol–water partition coefficient (Wildman–Crippen LogP) is 4.73. The first-order valence-corrected chi connectivity index (χ1v) is 11.3. The Bertz CT molecular complexity index is 1250. The summed E-state index contributed by atoms with van der Waals surface area (Å²) >= 11 is 6.39. The lowest BCUT2D eigenvalue weighted by molar-refractivity contribution is -0.537. The molecule has 1 amide bonds. The molecule has 0 aliphatic carbocycles. The number of ether oxygens (including phenoxy) is 1. The molecule has 1 saturated heterocycles. The molecule has 4 rings (SSSR count). The molecule has 3 aromatic carbocycles. The Balaban J connectivity index is 1.77. The molecule has 1 N–H and O–H groups in total. The third-order valence-electron chi connectivity index (χ3n) is 6.30. The minimum atomic E-state index is -1.17. The molecular weight excluding hydrogens is 472 g/mol. The van der Waals surface area contributed by atoms with E-state index in [-0.39, 0.29) is 29.5 Å². The summed E-state index contributed by atoms with van der Waals surface area (Å²) in [6, 6.07) is 17.4. The van der Waals surface area contributed by atoms with Crippen molar-refractivity contribution >= 4 is 23.5 Å². The second kappa shape index (κ2) is 10.1. The van der Waals surface area contributed by atoms with Gasteiger partial charge in [0.1, 0.15) is 11.8 Å². The predicted molar refractivity (Wildman–Crippen MR) is 129 cm³/mol. The molecule has 8 nitrogen and oxygen atoms in total. The summed E-state index contributed by atoms with van der Waals surface area (Å²) in [6.45, 7) is 0.103. The van der Waals surface area contributed by atoms with E-state index in [9.17, 15) is 24.8 Å². The van der Waals surface area contributed by atoms with E-state index in [0.29, 0.717) is 27.3 Å². The van der Waals surface area contributed by atoms with Crippen LogP contribution in [0, 0.1) is 10.1 Å². The van der Waals surface area contributed by atoms with E-state index in [1.165, 1.54) is 24.1 Å². The van der Waals surface area contributed by atoms with Crippen molar-refractivity contribution in [1.82, 2.24) is 4.90 Å². The number of aromatic hydroxyl groups is 1. The smallest absolute Gasteiger partial charge is 0.337 e. The first-order chi connectivity index (χ1) is 16.8. The van der Waals surface area contributed by atoms with Crippen molar-refractivity contribution in [3.63, 3.8) is 0 Å². The molecule has 3 aromatic rings. The molecule has 1 aliphatic rings. The number of piperidine rings is 1.